The first kappa shape index (κ1) is 62.7. The Kier molecular flexibility index (Phi) is 49.3. The minimum absolute atomic E-state index is 0.0517. The summed E-state index contributed by atoms with van der Waals surface area (Å²) in [4.78, 5) is 35.1. The van der Waals surface area contributed by atoms with Crippen molar-refractivity contribution in [1.29, 1.82) is 0 Å². The average molecular weight is 934 g/mol. The lowest BCUT2D eigenvalue weighted by Gasteiger charge is -2.19. The maximum atomic E-state index is 12.7. The molecular formula is C55H100NO8P. The fourth-order valence-electron chi connectivity index (χ4n) is 7.45. The Bertz CT molecular complexity index is 1250. The lowest BCUT2D eigenvalue weighted by molar-refractivity contribution is -0.161. The predicted molar refractivity (Wildman–Crippen MR) is 275 cm³/mol. The number of esters is 2. The van der Waals surface area contributed by atoms with Crippen LogP contribution in [0.15, 0.2) is 60.8 Å². The molecule has 2 unspecified atom stereocenters. The van der Waals surface area contributed by atoms with E-state index in [9.17, 15) is 19.0 Å². The molecule has 9 nitrogen and oxygen atoms in total. The minimum Gasteiger partial charge on any atom is -0.462 e. The summed E-state index contributed by atoms with van der Waals surface area (Å²) in [6.07, 6.45) is 62.7. The first-order chi connectivity index (χ1) is 31.8. The third-order valence-corrected chi connectivity index (χ3v) is 12.4. The van der Waals surface area contributed by atoms with E-state index >= 15 is 0 Å². The summed E-state index contributed by atoms with van der Waals surface area (Å²) in [5, 5.41) is 0. The SMILES string of the molecule is CC/C=C\C/C=C\C/C=C\C/C=C\CCCCCCCCCCCCCCCCCCC(=O)OC(COC(=O)CCCCCCC/C=C\CCCCCCCC)COP(=O)(O)OCCN. The molecule has 0 aliphatic heterocycles. The molecule has 65 heavy (non-hydrogen) atoms. The molecule has 10 heteroatoms. The number of ether oxygens (including phenoxy) is 2. The molecule has 0 aromatic heterocycles. The third-order valence-electron chi connectivity index (χ3n) is 11.4. The summed E-state index contributed by atoms with van der Waals surface area (Å²) in [7, 11) is -4.38. The molecule has 0 fully saturated rings. The predicted octanol–water partition coefficient (Wildman–Crippen LogP) is 16.4. The van der Waals surface area contributed by atoms with Gasteiger partial charge < -0.3 is 20.1 Å². The molecule has 0 aromatic rings. The fraction of sp³-hybridized carbons (Fsp3) is 0.782. The molecule has 0 amide bonds. The Morgan fingerprint density at radius 3 is 1.28 bits per heavy atom. The van der Waals surface area contributed by atoms with E-state index in [1.54, 1.807) is 0 Å². The van der Waals surface area contributed by atoms with Crippen LogP contribution in [0.25, 0.3) is 0 Å². The monoisotopic (exact) mass is 934 g/mol. The highest BCUT2D eigenvalue weighted by Gasteiger charge is 2.26. The molecule has 0 heterocycles. The first-order valence-corrected chi connectivity index (χ1v) is 28.3. The van der Waals surface area contributed by atoms with Crippen LogP contribution in [0.2, 0.25) is 0 Å². The molecule has 0 aromatic carbocycles. The summed E-state index contributed by atoms with van der Waals surface area (Å²) in [6, 6.07) is 0. The summed E-state index contributed by atoms with van der Waals surface area (Å²) in [6.45, 7) is 3.63. The van der Waals surface area contributed by atoms with Gasteiger partial charge in [0.15, 0.2) is 6.10 Å². The highest BCUT2D eigenvalue weighted by molar-refractivity contribution is 7.47. The molecule has 0 rings (SSSR count). The molecule has 0 bridgehead atoms. The van der Waals surface area contributed by atoms with Gasteiger partial charge in [0, 0.05) is 19.4 Å². The van der Waals surface area contributed by atoms with E-state index in [1.807, 2.05) is 0 Å². The van der Waals surface area contributed by atoms with Crippen LogP contribution >= 0.6 is 7.82 Å². The first-order valence-electron chi connectivity index (χ1n) is 26.8. The molecule has 2 atom stereocenters. The Balaban J connectivity index is 3.95. The van der Waals surface area contributed by atoms with Crippen LogP contribution < -0.4 is 5.73 Å². The summed E-state index contributed by atoms with van der Waals surface area (Å²) in [5.74, 6) is -0.832. The zero-order valence-electron chi connectivity index (χ0n) is 42.0. The number of rotatable bonds is 50. The van der Waals surface area contributed by atoms with Crippen molar-refractivity contribution in [2.45, 2.75) is 251 Å². The van der Waals surface area contributed by atoms with Crippen molar-refractivity contribution in [3.63, 3.8) is 0 Å². The van der Waals surface area contributed by atoms with Crippen molar-refractivity contribution in [2.75, 3.05) is 26.4 Å². The largest absolute Gasteiger partial charge is 0.472 e. The van der Waals surface area contributed by atoms with Gasteiger partial charge >= 0.3 is 19.8 Å². The molecule has 378 valence electrons. The van der Waals surface area contributed by atoms with Gasteiger partial charge in [0.25, 0.3) is 0 Å². The van der Waals surface area contributed by atoms with E-state index in [0.29, 0.717) is 6.42 Å². The lowest BCUT2D eigenvalue weighted by atomic mass is 10.0. The maximum Gasteiger partial charge on any atom is 0.472 e. The van der Waals surface area contributed by atoms with Crippen molar-refractivity contribution in [1.82, 2.24) is 0 Å². The highest BCUT2D eigenvalue weighted by Crippen LogP contribution is 2.43. The Morgan fingerprint density at radius 1 is 0.477 bits per heavy atom. The van der Waals surface area contributed by atoms with Crippen LogP contribution in [0, 0.1) is 0 Å². The molecule has 0 radical (unpaired) electrons. The maximum absolute atomic E-state index is 12.7. The molecule has 3 N–H and O–H groups in total. The highest BCUT2D eigenvalue weighted by atomic mass is 31.2. The van der Waals surface area contributed by atoms with Crippen molar-refractivity contribution >= 4 is 19.8 Å². The van der Waals surface area contributed by atoms with Gasteiger partial charge in [0.1, 0.15) is 6.61 Å². The number of allylic oxidation sites excluding steroid dienone is 10. The Hall–Kier alpha value is -2.29. The van der Waals surface area contributed by atoms with Crippen LogP contribution in [-0.2, 0) is 32.7 Å². The summed E-state index contributed by atoms with van der Waals surface area (Å²) >= 11 is 0. The number of hydrogen-bond donors (Lipinski definition) is 2. The van der Waals surface area contributed by atoms with Gasteiger partial charge in [0.2, 0.25) is 0 Å². The number of hydrogen-bond acceptors (Lipinski definition) is 8. The van der Waals surface area contributed by atoms with Gasteiger partial charge in [-0.25, -0.2) is 4.57 Å². The molecule has 0 saturated heterocycles. The zero-order chi connectivity index (χ0) is 47.4. The summed E-state index contributed by atoms with van der Waals surface area (Å²) in [5.41, 5.74) is 5.37. The van der Waals surface area contributed by atoms with Crippen LogP contribution in [0.4, 0.5) is 0 Å². The van der Waals surface area contributed by atoms with Crippen LogP contribution in [-0.4, -0.2) is 49.3 Å². The van der Waals surface area contributed by atoms with Crippen molar-refractivity contribution in [3.8, 4) is 0 Å². The van der Waals surface area contributed by atoms with Crippen LogP contribution in [0.3, 0.4) is 0 Å². The van der Waals surface area contributed by atoms with E-state index in [-0.39, 0.29) is 38.6 Å². The van der Waals surface area contributed by atoms with E-state index < -0.39 is 26.5 Å². The van der Waals surface area contributed by atoms with Crippen molar-refractivity contribution in [3.05, 3.63) is 60.8 Å². The number of phosphoric ester groups is 1. The molecule has 0 spiro atoms. The van der Waals surface area contributed by atoms with Crippen molar-refractivity contribution in [2.24, 2.45) is 5.73 Å². The standard InChI is InChI=1S/C55H100NO8P/c1-3-5-7-9-11-13-15-17-19-20-21-22-23-24-25-26-27-28-29-30-31-32-34-36-38-40-42-44-46-48-55(58)64-53(52-63-65(59,60)62-50-49-56)51-61-54(57)47-45-43-41-39-37-35-33-18-16-14-12-10-8-6-4-2/h5,7,11,13,17-19,21-22,33,53H,3-4,6,8-10,12,14-16,20,23-32,34-52,56H2,1-2H3,(H,59,60)/b7-5-,13-11-,19-17-,22-21-,33-18-. The van der Waals surface area contributed by atoms with Gasteiger partial charge in [-0.15, -0.1) is 0 Å². The normalized spacial score (nSPS) is 13.6. The van der Waals surface area contributed by atoms with E-state index in [2.05, 4.69) is 74.6 Å². The zero-order valence-corrected chi connectivity index (χ0v) is 42.9. The second-order valence-electron chi connectivity index (χ2n) is 17.7. The molecule has 0 aliphatic carbocycles. The van der Waals surface area contributed by atoms with Gasteiger partial charge in [0.05, 0.1) is 13.2 Å². The molecule has 0 saturated carbocycles. The van der Waals surface area contributed by atoms with Crippen LogP contribution in [0.5, 0.6) is 0 Å². The quantitative estimate of drug-likeness (QED) is 0.0265. The molecular weight excluding hydrogens is 834 g/mol. The second kappa shape index (κ2) is 51.1. The molecule has 0 aliphatic rings. The smallest absolute Gasteiger partial charge is 0.462 e. The minimum atomic E-state index is -4.38. The van der Waals surface area contributed by atoms with Crippen LogP contribution in [0.1, 0.15) is 245 Å². The Labute approximate surface area is 399 Å². The van der Waals surface area contributed by atoms with Crippen molar-refractivity contribution < 1.29 is 37.6 Å². The van der Waals surface area contributed by atoms with Gasteiger partial charge in [-0.3, -0.25) is 18.6 Å². The van der Waals surface area contributed by atoms with Gasteiger partial charge in [-0.05, 0) is 77.0 Å². The van der Waals surface area contributed by atoms with E-state index in [0.717, 1.165) is 83.5 Å². The van der Waals surface area contributed by atoms with E-state index in [1.165, 1.54) is 128 Å². The third kappa shape index (κ3) is 51.0. The second-order valence-corrected chi connectivity index (χ2v) is 19.2. The average Bonchev–Trinajstić information content (AvgIpc) is 3.30. The van der Waals surface area contributed by atoms with Gasteiger partial charge in [-0.2, -0.15) is 0 Å². The Morgan fingerprint density at radius 2 is 0.846 bits per heavy atom. The fourth-order valence-corrected chi connectivity index (χ4v) is 8.21. The summed E-state index contributed by atoms with van der Waals surface area (Å²) < 4.78 is 32.9. The lowest BCUT2D eigenvalue weighted by Crippen LogP contribution is -2.29. The number of unbranched alkanes of at least 4 members (excludes halogenated alkanes) is 27. The van der Waals surface area contributed by atoms with Gasteiger partial charge in [-0.1, -0.05) is 216 Å². The number of carbonyl (C=O) groups is 2. The number of phosphoric acid groups is 1. The number of carbonyl (C=O) groups excluding carboxylic acids is 2. The van der Waals surface area contributed by atoms with E-state index in [4.69, 9.17) is 24.3 Å². The number of nitrogens with two attached hydrogens (primary N) is 1. The topological polar surface area (TPSA) is 134 Å².